The number of aryl methyl sites for hydroxylation is 1. The number of hydrogen-bond donors (Lipinski definition) is 1. The van der Waals surface area contributed by atoms with Crippen molar-refractivity contribution in [1.29, 1.82) is 0 Å². The van der Waals surface area contributed by atoms with Gasteiger partial charge in [0.15, 0.2) is 5.43 Å². The fourth-order valence-corrected chi connectivity index (χ4v) is 1.51. The maximum atomic E-state index is 11.6. The highest BCUT2D eigenvalue weighted by molar-refractivity contribution is 5.95. The highest BCUT2D eigenvalue weighted by Crippen LogP contribution is 2.20. The normalized spacial score (nSPS) is 10.2. The third-order valence-electron chi connectivity index (χ3n) is 2.31. The molecule has 1 N–H and O–H groups in total. The zero-order chi connectivity index (χ0) is 12.4. The number of pyridine rings is 1. The molecule has 0 fully saturated rings. The molecule has 5 heteroatoms. The van der Waals surface area contributed by atoms with Crippen molar-refractivity contribution in [2.45, 2.75) is 6.92 Å². The molecule has 0 saturated carbocycles. The molecule has 86 valence electrons. The molecule has 0 aliphatic heterocycles. The van der Waals surface area contributed by atoms with Gasteiger partial charge in [0.05, 0.1) is 17.4 Å². The minimum Gasteiger partial charge on any atom is -0.478 e. The molecular formula is C12H9NO4. The van der Waals surface area contributed by atoms with Crippen LogP contribution in [0.4, 0.5) is 0 Å². The highest BCUT2D eigenvalue weighted by Gasteiger charge is 2.15. The summed E-state index contributed by atoms with van der Waals surface area (Å²) in [6.07, 6.45) is 3.73. The first kappa shape index (κ1) is 11.1. The predicted octanol–water partition coefficient (Wildman–Crippen LogP) is 1.71. The molecule has 2 heterocycles. The average molecular weight is 231 g/mol. The van der Waals surface area contributed by atoms with Gasteiger partial charge in [-0.25, -0.2) is 4.79 Å². The van der Waals surface area contributed by atoms with Crippen molar-refractivity contribution in [2.75, 3.05) is 0 Å². The minimum atomic E-state index is -1.13. The van der Waals surface area contributed by atoms with Gasteiger partial charge in [-0.3, -0.25) is 9.78 Å². The van der Waals surface area contributed by atoms with Crippen molar-refractivity contribution in [3.63, 3.8) is 0 Å². The van der Waals surface area contributed by atoms with E-state index in [0.29, 0.717) is 11.3 Å². The smallest absolute Gasteiger partial charge is 0.337 e. The van der Waals surface area contributed by atoms with Crippen LogP contribution in [0.5, 0.6) is 0 Å². The van der Waals surface area contributed by atoms with Crippen LogP contribution in [0.2, 0.25) is 0 Å². The van der Waals surface area contributed by atoms with E-state index >= 15 is 0 Å². The molecule has 0 aliphatic carbocycles. The number of aromatic carboxylic acids is 1. The lowest BCUT2D eigenvalue weighted by Gasteiger charge is -2.05. The van der Waals surface area contributed by atoms with Crippen molar-refractivity contribution in [3.05, 3.63) is 52.3 Å². The molecule has 0 spiro atoms. The van der Waals surface area contributed by atoms with E-state index in [9.17, 15) is 9.59 Å². The van der Waals surface area contributed by atoms with Crippen molar-refractivity contribution >= 4 is 5.97 Å². The van der Waals surface area contributed by atoms with E-state index in [1.165, 1.54) is 24.8 Å². The minimum absolute atomic E-state index is 0.0194. The SMILES string of the molecule is Cc1cc(-c2coccc2=O)c(C(=O)O)cn1. The van der Waals surface area contributed by atoms with Crippen LogP contribution < -0.4 is 5.43 Å². The molecule has 2 aromatic rings. The Labute approximate surface area is 96.4 Å². The Bertz CT molecular complexity index is 630. The maximum Gasteiger partial charge on any atom is 0.337 e. The molecule has 0 amide bonds. The Balaban J connectivity index is 2.74. The van der Waals surface area contributed by atoms with Crippen LogP contribution in [0.3, 0.4) is 0 Å². The highest BCUT2D eigenvalue weighted by atomic mass is 16.4. The fraction of sp³-hybridized carbons (Fsp3) is 0.0833. The van der Waals surface area contributed by atoms with Crippen molar-refractivity contribution < 1.29 is 14.3 Å². The van der Waals surface area contributed by atoms with E-state index in [4.69, 9.17) is 9.52 Å². The largest absolute Gasteiger partial charge is 0.478 e. The third kappa shape index (κ3) is 2.08. The second-order valence-electron chi connectivity index (χ2n) is 3.51. The molecule has 0 saturated heterocycles. The summed E-state index contributed by atoms with van der Waals surface area (Å²) < 4.78 is 4.90. The third-order valence-corrected chi connectivity index (χ3v) is 2.31. The Kier molecular flexibility index (Phi) is 2.74. The number of rotatable bonds is 2. The van der Waals surface area contributed by atoms with Crippen molar-refractivity contribution in [2.24, 2.45) is 0 Å². The van der Waals surface area contributed by atoms with Crippen LogP contribution >= 0.6 is 0 Å². The molecule has 5 nitrogen and oxygen atoms in total. The first-order valence-corrected chi connectivity index (χ1v) is 4.86. The molecule has 0 aromatic carbocycles. The first-order valence-electron chi connectivity index (χ1n) is 4.86. The topological polar surface area (TPSA) is 80.4 Å². The zero-order valence-corrected chi connectivity index (χ0v) is 9.01. The van der Waals surface area contributed by atoms with Gasteiger partial charge in [0.1, 0.15) is 6.26 Å². The number of nitrogens with zero attached hydrogens (tertiary/aromatic N) is 1. The monoisotopic (exact) mass is 231 g/mol. The number of aromatic nitrogens is 1. The Hall–Kier alpha value is -2.43. The van der Waals surface area contributed by atoms with Gasteiger partial charge in [0.25, 0.3) is 0 Å². The first-order chi connectivity index (χ1) is 8.09. The second-order valence-corrected chi connectivity index (χ2v) is 3.51. The summed E-state index contributed by atoms with van der Waals surface area (Å²) >= 11 is 0. The average Bonchev–Trinajstić information content (AvgIpc) is 2.29. The van der Waals surface area contributed by atoms with Crippen LogP contribution in [0, 0.1) is 6.92 Å². The molecular weight excluding hydrogens is 222 g/mol. The molecule has 0 radical (unpaired) electrons. The fourth-order valence-electron chi connectivity index (χ4n) is 1.51. The van der Waals surface area contributed by atoms with E-state index in [1.807, 2.05) is 0 Å². The molecule has 0 aliphatic rings. The molecule has 17 heavy (non-hydrogen) atoms. The van der Waals surface area contributed by atoms with Crippen LogP contribution in [-0.2, 0) is 0 Å². The second kappa shape index (κ2) is 4.21. The van der Waals surface area contributed by atoms with Crippen LogP contribution in [-0.4, -0.2) is 16.1 Å². The summed E-state index contributed by atoms with van der Waals surface area (Å²) in [5, 5.41) is 9.04. The Morgan fingerprint density at radius 3 is 2.82 bits per heavy atom. The van der Waals surface area contributed by atoms with Gasteiger partial charge in [-0.1, -0.05) is 0 Å². The van der Waals surface area contributed by atoms with Gasteiger partial charge < -0.3 is 9.52 Å². The Morgan fingerprint density at radius 1 is 1.41 bits per heavy atom. The standard InChI is InChI=1S/C12H9NO4/c1-7-4-8(9(5-13-7)12(15)16)10-6-17-3-2-11(10)14/h2-6H,1H3,(H,15,16). The van der Waals surface area contributed by atoms with E-state index < -0.39 is 5.97 Å². The van der Waals surface area contributed by atoms with E-state index in [2.05, 4.69) is 4.98 Å². The quantitative estimate of drug-likeness (QED) is 0.850. The summed E-state index contributed by atoms with van der Waals surface area (Å²) in [6.45, 7) is 1.72. The van der Waals surface area contributed by atoms with Crippen LogP contribution in [0.25, 0.3) is 11.1 Å². The predicted molar refractivity (Wildman–Crippen MR) is 59.9 cm³/mol. The number of carbonyl (C=O) groups is 1. The summed E-state index contributed by atoms with van der Waals surface area (Å²) in [5.74, 6) is -1.13. The van der Waals surface area contributed by atoms with Gasteiger partial charge in [0.2, 0.25) is 0 Å². The van der Waals surface area contributed by atoms with Gasteiger partial charge in [-0.05, 0) is 13.0 Å². The number of hydrogen-bond acceptors (Lipinski definition) is 4. The lowest BCUT2D eigenvalue weighted by atomic mass is 10.0. The van der Waals surface area contributed by atoms with E-state index in [0.717, 1.165) is 0 Å². The van der Waals surface area contributed by atoms with Crippen molar-refractivity contribution in [3.8, 4) is 11.1 Å². The Morgan fingerprint density at radius 2 is 2.18 bits per heavy atom. The zero-order valence-electron chi connectivity index (χ0n) is 9.01. The lowest BCUT2D eigenvalue weighted by Crippen LogP contribution is -2.07. The van der Waals surface area contributed by atoms with Gasteiger partial charge in [-0.2, -0.15) is 0 Å². The summed E-state index contributed by atoms with van der Waals surface area (Å²) in [6, 6.07) is 2.80. The summed E-state index contributed by atoms with van der Waals surface area (Å²) in [5.41, 5.74) is 0.862. The molecule has 2 rings (SSSR count). The van der Waals surface area contributed by atoms with E-state index in [-0.39, 0.29) is 16.6 Å². The summed E-state index contributed by atoms with van der Waals surface area (Å²) in [7, 11) is 0. The van der Waals surface area contributed by atoms with Gasteiger partial charge in [0, 0.05) is 23.5 Å². The number of carboxylic acid groups (broad SMARTS) is 1. The van der Waals surface area contributed by atoms with Gasteiger partial charge in [-0.15, -0.1) is 0 Å². The lowest BCUT2D eigenvalue weighted by molar-refractivity contribution is 0.0697. The van der Waals surface area contributed by atoms with Crippen LogP contribution in [0.1, 0.15) is 16.1 Å². The molecule has 0 atom stereocenters. The van der Waals surface area contributed by atoms with E-state index in [1.54, 1.807) is 13.0 Å². The van der Waals surface area contributed by atoms with Crippen LogP contribution in [0.15, 0.2) is 40.1 Å². The molecule has 0 unspecified atom stereocenters. The maximum absolute atomic E-state index is 11.6. The molecule has 0 bridgehead atoms. The van der Waals surface area contributed by atoms with Crippen molar-refractivity contribution in [1.82, 2.24) is 4.98 Å². The number of carboxylic acids is 1. The molecule has 2 aromatic heterocycles. The summed E-state index contributed by atoms with van der Waals surface area (Å²) in [4.78, 5) is 26.6. The van der Waals surface area contributed by atoms with Gasteiger partial charge >= 0.3 is 5.97 Å².